The van der Waals surface area contributed by atoms with Crippen LogP contribution in [0.2, 0.25) is 0 Å². The molecule has 0 saturated carbocycles. The third kappa shape index (κ3) is 4.49. The van der Waals surface area contributed by atoms with Crippen molar-refractivity contribution in [1.29, 1.82) is 0 Å². The van der Waals surface area contributed by atoms with Gasteiger partial charge < -0.3 is 10.1 Å². The maximum Gasteiger partial charge on any atom is 0.387 e. The largest absolute Gasteiger partial charge is 0.435 e. The minimum Gasteiger partial charge on any atom is -0.435 e. The van der Waals surface area contributed by atoms with E-state index in [1.54, 1.807) is 23.5 Å². The molecule has 2 rings (SSSR count). The maximum atomic E-state index is 12.2. The van der Waals surface area contributed by atoms with E-state index in [1.807, 2.05) is 17.5 Å². The Morgan fingerprint density at radius 1 is 1.24 bits per heavy atom. The van der Waals surface area contributed by atoms with Crippen molar-refractivity contribution < 1.29 is 13.5 Å². The summed E-state index contributed by atoms with van der Waals surface area (Å²) >= 11 is 5.17. The van der Waals surface area contributed by atoms with E-state index in [9.17, 15) is 8.78 Å². The molecule has 0 amide bonds. The van der Waals surface area contributed by atoms with E-state index >= 15 is 0 Å². The van der Waals surface area contributed by atoms with Gasteiger partial charge in [0.1, 0.15) is 5.75 Å². The highest BCUT2D eigenvalue weighted by atomic mass is 79.9. The van der Waals surface area contributed by atoms with E-state index in [1.165, 1.54) is 0 Å². The van der Waals surface area contributed by atoms with Crippen LogP contribution in [0.25, 0.3) is 0 Å². The van der Waals surface area contributed by atoms with Gasteiger partial charge in [0.25, 0.3) is 0 Å². The topological polar surface area (TPSA) is 21.3 Å². The molecular formula is C15H16BrF2NOS. The van der Waals surface area contributed by atoms with Crippen LogP contribution in [0.15, 0.2) is 39.5 Å². The number of hydrogen-bond donors (Lipinski definition) is 1. The molecule has 0 fully saturated rings. The van der Waals surface area contributed by atoms with E-state index in [4.69, 9.17) is 0 Å². The molecule has 2 nitrogen and oxygen atoms in total. The highest BCUT2D eigenvalue weighted by Gasteiger charge is 2.17. The van der Waals surface area contributed by atoms with Crippen LogP contribution in [0, 0.1) is 0 Å². The lowest BCUT2D eigenvalue weighted by molar-refractivity contribution is -0.0498. The number of thiophene rings is 1. The summed E-state index contributed by atoms with van der Waals surface area (Å²) in [5, 5.41) is 7.59. The number of benzene rings is 1. The molecule has 0 saturated heterocycles. The lowest BCUT2D eigenvalue weighted by atomic mass is 10.0. The molecule has 114 valence electrons. The Hall–Kier alpha value is -0.980. The third-order valence-electron chi connectivity index (χ3n) is 2.99. The van der Waals surface area contributed by atoms with Crippen LogP contribution in [0.4, 0.5) is 8.78 Å². The van der Waals surface area contributed by atoms with Crippen molar-refractivity contribution in [2.75, 3.05) is 6.54 Å². The fraction of sp³-hybridized carbons (Fsp3) is 0.333. The molecule has 2 aromatic rings. The number of alkyl halides is 2. The van der Waals surface area contributed by atoms with Crippen LogP contribution in [-0.4, -0.2) is 13.2 Å². The average Bonchev–Trinajstić information content (AvgIpc) is 2.87. The zero-order valence-electron chi connectivity index (χ0n) is 11.5. The number of hydrogen-bond acceptors (Lipinski definition) is 3. The quantitative estimate of drug-likeness (QED) is 0.717. The summed E-state index contributed by atoms with van der Waals surface area (Å²) < 4.78 is 29.8. The zero-order valence-corrected chi connectivity index (χ0v) is 13.9. The smallest absolute Gasteiger partial charge is 0.387 e. The second-order valence-corrected chi connectivity index (χ2v) is 6.11. The van der Waals surface area contributed by atoms with Crippen LogP contribution in [0.1, 0.15) is 30.5 Å². The van der Waals surface area contributed by atoms with Crippen molar-refractivity contribution in [3.8, 4) is 5.75 Å². The molecule has 0 aliphatic rings. The standard InChI is InChI=1S/C15H16BrF2NOS/c1-2-7-19-14(12-8-21-9-13(12)16)10-3-5-11(6-4-10)20-15(17)18/h3-6,8-9,14-15,19H,2,7H2,1H3. The van der Waals surface area contributed by atoms with Crippen molar-refractivity contribution in [1.82, 2.24) is 5.32 Å². The molecule has 1 atom stereocenters. The molecule has 1 N–H and O–H groups in total. The molecule has 6 heteroatoms. The summed E-state index contributed by atoms with van der Waals surface area (Å²) in [6.07, 6.45) is 1.02. The first-order valence-corrected chi connectivity index (χ1v) is 8.35. The van der Waals surface area contributed by atoms with Crippen LogP contribution in [0.5, 0.6) is 5.75 Å². The summed E-state index contributed by atoms with van der Waals surface area (Å²) in [7, 11) is 0. The molecule has 0 radical (unpaired) electrons. The lowest BCUT2D eigenvalue weighted by Crippen LogP contribution is -2.23. The summed E-state index contributed by atoms with van der Waals surface area (Å²) in [4.78, 5) is 0. The van der Waals surface area contributed by atoms with Crippen molar-refractivity contribution in [2.24, 2.45) is 0 Å². The third-order valence-corrected chi connectivity index (χ3v) is 4.74. The molecule has 0 aliphatic carbocycles. The molecule has 1 unspecified atom stereocenters. The predicted molar refractivity (Wildman–Crippen MR) is 85.2 cm³/mol. The molecule has 1 aromatic carbocycles. The van der Waals surface area contributed by atoms with Crippen molar-refractivity contribution in [3.05, 3.63) is 50.6 Å². The van der Waals surface area contributed by atoms with Crippen molar-refractivity contribution in [2.45, 2.75) is 26.0 Å². The molecular weight excluding hydrogens is 360 g/mol. The van der Waals surface area contributed by atoms with Gasteiger partial charge in [-0.2, -0.15) is 20.1 Å². The van der Waals surface area contributed by atoms with E-state index in [0.717, 1.165) is 28.6 Å². The first-order valence-electron chi connectivity index (χ1n) is 6.61. The SMILES string of the molecule is CCCNC(c1ccc(OC(F)F)cc1)c1cscc1Br. The Morgan fingerprint density at radius 2 is 1.95 bits per heavy atom. The second kappa shape index (κ2) is 7.87. The van der Waals surface area contributed by atoms with Gasteiger partial charge in [-0.3, -0.25) is 0 Å². The Balaban J connectivity index is 2.22. The number of ether oxygens (including phenoxy) is 1. The average molecular weight is 376 g/mol. The summed E-state index contributed by atoms with van der Waals surface area (Å²) in [6, 6.07) is 6.81. The van der Waals surface area contributed by atoms with E-state index in [0.29, 0.717) is 0 Å². The van der Waals surface area contributed by atoms with Gasteiger partial charge in [-0.05, 0) is 57.5 Å². The van der Waals surface area contributed by atoms with Gasteiger partial charge in [0.2, 0.25) is 0 Å². The van der Waals surface area contributed by atoms with Crippen LogP contribution < -0.4 is 10.1 Å². The van der Waals surface area contributed by atoms with Crippen molar-refractivity contribution in [3.63, 3.8) is 0 Å². The Morgan fingerprint density at radius 3 is 2.48 bits per heavy atom. The summed E-state index contributed by atoms with van der Waals surface area (Å²) in [5.41, 5.74) is 2.17. The molecule has 0 bridgehead atoms. The van der Waals surface area contributed by atoms with Gasteiger partial charge in [0.15, 0.2) is 0 Å². The monoisotopic (exact) mass is 375 g/mol. The van der Waals surface area contributed by atoms with E-state index in [2.05, 4.69) is 38.3 Å². The Kier molecular flexibility index (Phi) is 6.14. The highest BCUT2D eigenvalue weighted by molar-refractivity contribution is 9.10. The lowest BCUT2D eigenvalue weighted by Gasteiger charge is -2.19. The van der Waals surface area contributed by atoms with Gasteiger partial charge in [0.05, 0.1) is 6.04 Å². The normalized spacial score (nSPS) is 12.6. The van der Waals surface area contributed by atoms with E-state index in [-0.39, 0.29) is 11.8 Å². The summed E-state index contributed by atoms with van der Waals surface area (Å²) in [5.74, 6) is 0.173. The van der Waals surface area contributed by atoms with Crippen molar-refractivity contribution >= 4 is 27.3 Å². The molecule has 0 aliphatic heterocycles. The van der Waals surface area contributed by atoms with Crippen LogP contribution in [-0.2, 0) is 0 Å². The van der Waals surface area contributed by atoms with Gasteiger partial charge in [0, 0.05) is 9.85 Å². The Bertz CT molecular complexity index is 559. The minimum atomic E-state index is -2.80. The highest BCUT2D eigenvalue weighted by Crippen LogP contribution is 2.32. The second-order valence-electron chi connectivity index (χ2n) is 4.51. The minimum absolute atomic E-state index is 0.0335. The Labute approximate surface area is 135 Å². The van der Waals surface area contributed by atoms with Crippen LogP contribution >= 0.6 is 27.3 Å². The van der Waals surface area contributed by atoms with Gasteiger partial charge >= 0.3 is 6.61 Å². The van der Waals surface area contributed by atoms with Crippen LogP contribution in [0.3, 0.4) is 0 Å². The first kappa shape index (κ1) is 16.4. The molecule has 21 heavy (non-hydrogen) atoms. The molecule has 0 spiro atoms. The first-order chi connectivity index (χ1) is 10.1. The fourth-order valence-corrected chi connectivity index (χ4v) is 3.59. The fourth-order valence-electron chi connectivity index (χ4n) is 2.04. The number of rotatable bonds is 7. The van der Waals surface area contributed by atoms with Gasteiger partial charge in [-0.1, -0.05) is 19.1 Å². The predicted octanol–water partition coefficient (Wildman–Crippen LogP) is 5.20. The molecule has 1 heterocycles. The van der Waals surface area contributed by atoms with E-state index < -0.39 is 6.61 Å². The number of halogens is 3. The van der Waals surface area contributed by atoms with Gasteiger partial charge in [-0.15, -0.1) is 0 Å². The maximum absolute atomic E-state index is 12.2. The number of nitrogens with one attached hydrogen (secondary N) is 1. The summed E-state index contributed by atoms with van der Waals surface area (Å²) in [6.45, 7) is 0.185. The zero-order chi connectivity index (χ0) is 15.2. The van der Waals surface area contributed by atoms with Gasteiger partial charge in [-0.25, -0.2) is 0 Å². The molecule has 1 aromatic heterocycles.